The lowest BCUT2D eigenvalue weighted by atomic mass is 10.2. The van der Waals surface area contributed by atoms with E-state index in [0.717, 1.165) is 0 Å². The van der Waals surface area contributed by atoms with Crippen LogP contribution in [-0.4, -0.2) is 62.0 Å². The minimum atomic E-state index is -0.165. The molecule has 1 amide bonds. The van der Waals surface area contributed by atoms with Crippen LogP contribution in [0.1, 0.15) is 10.5 Å². The van der Waals surface area contributed by atoms with Crippen molar-refractivity contribution in [2.45, 2.75) is 0 Å². The van der Waals surface area contributed by atoms with Crippen molar-refractivity contribution in [3.8, 4) is 11.4 Å². The molecule has 9 nitrogen and oxygen atoms in total. The molecule has 2 N–H and O–H groups in total. The molecular weight excluding hydrogens is 453 g/mol. The molecule has 1 aromatic carbocycles. The molecule has 4 aromatic rings. The number of nitrogens with one attached hydrogen (secondary N) is 2. The van der Waals surface area contributed by atoms with Crippen LogP contribution in [0.4, 0.5) is 11.6 Å². The molecule has 162 valence electrons. The zero-order valence-corrected chi connectivity index (χ0v) is 18.2. The number of ether oxygens (including phenoxy) is 1. The number of aromatic nitrogens is 5. The molecule has 0 bridgehead atoms. The van der Waals surface area contributed by atoms with Gasteiger partial charge in [-0.05, 0) is 18.2 Å². The van der Waals surface area contributed by atoms with Crippen molar-refractivity contribution in [2.24, 2.45) is 0 Å². The Morgan fingerprint density at radius 3 is 2.66 bits per heavy atom. The first-order chi connectivity index (χ1) is 15.6. The van der Waals surface area contributed by atoms with Crippen LogP contribution in [0.5, 0.6) is 0 Å². The summed E-state index contributed by atoms with van der Waals surface area (Å²) in [5.41, 5.74) is 2.23. The second-order valence-corrected chi connectivity index (χ2v) is 7.87. The molecule has 4 heterocycles. The van der Waals surface area contributed by atoms with Crippen molar-refractivity contribution in [3.63, 3.8) is 0 Å². The molecule has 0 saturated carbocycles. The second kappa shape index (κ2) is 8.70. The fourth-order valence-corrected chi connectivity index (χ4v) is 4.04. The first-order valence-corrected chi connectivity index (χ1v) is 10.6. The van der Waals surface area contributed by atoms with E-state index in [-0.39, 0.29) is 5.91 Å². The number of fused-ring (bicyclic) bond motifs is 1. The highest BCUT2D eigenvalue weighted by atomic mass is 35.5. The Bertz CT molecular complexity index is 1280. The number of pyridine rings is 1. The van der Waals surface area contributed by atoms with Crippen LogP contribution in [-0.2, 0) is 4.74 Å². The van der Waals surface area contributed by atoms with E-state index in [1.807, 2.05) is 0 Å². The monoisotopic (exact) mass is 469 g/mol. The van der Waals surface area contributed by atoms with Gasteiger partial charge in [0.1, 0.15) is 29.2 Å². The highest BCUT2D eigenvalue weighted by Crippen LogP contribution is 2.34. The van der Waals surface area contributed by atoms with Crippen LogP contribution in [0.3, 0.4) is 0 Å². The number of H-pyrrole nitrogens is 1. The van der Waals surface area contributed by atoms with Crippen molar-refractivity contribution >= 4 is 51.8 Å². The summed E-state index contributed by atoms with van der Waals surface area (Å²) in [5, 5.41) is 4.12. The maximum atomic E-state index is 12.7. The number of rotatable bonds is 4. The summed E-state index contributed by atoms with van der Waals surface area (Å²) in [4.78, 5) is 35.0. The van der Waals surface area contributed by atoms with E-state index in [2.05, 4.69) is 30.2 Å². The number of carbonyl (C=O) groups is 1. The first kappa shape index (κ1) is 20.6. The number of hydrogen-bond donors (Lipinski definition) is 2. The number of nitrogens with zero attached hydrogens (tertiary/aromatic N) is 5. The number of halogens is 2. The van der Waals surface area contributed by atoms with Crippen molar-refractivity contribution in [1.29, 1.82) is 0 Å². The van der Waals surface area contributed by atoms with E-state index in [1.54, 1.807) is 41.4 Å². The van der Waals surface area contributed by atoms with E-state index in [0.29, 0.717) is 76.1 Å². The predicted molar refractivity (Wildman–Crippen MR) is 121 cm³/mol. The molecular formula is C21H17Cl2N7O2. The second-order valence-electron chi connectivity index (χ2n) is 7.05. The van der Waals surface area contributed by atoms with Crippen LogP contribution >= 0.6 is 23.2 Å². The molecule has 0 atom stereocenters. The molecule has 11 heteroatoms. The minimum Gasteiger partial charge on any atom is -0.378 e. The Morgan fingerprint density at radius 2 is 1.88 bits per heavy atom. The first-order valence-electron chi connectivity index (χ1n) is 9.85. The fraction of sp³-hybridized carbons (Fsp3) is 0.190. The van der Waals surface area contributed by atoms with Gasteiger partial charge in [0.25, 0.3) is 5.91 Å². The van der Waals surface area contributed by atoms with Crippen molar-refractivity contribution in [2.75, 3.05) is 31.6 Å². The number of imidazole rings is 1. The van der Waals surface area contributed by atoms with Crippen molar-refractivity contribution in [1.82, 2.24) is 29.8 Å². The van der Waals surface area contributed by atoms with Gasteiger partial charge in [-0.1, -0.05) is 29.3 Å². The van der Waals surface area contributed by atoms with Gasteiger partial charge in [-0.2, -0.15) is 0 Å². The molecule has 3 aromatic heterocycles. The van der Waals surface area contributed by atoms with Gasteiger partial charge in [-0.3, -0.25) is 4.79 Å². The fourth-order valence-electron chi connectivity index (χ4n) is 3.46. The average molecular weight is 470 g/mol. The highest BCUT2D eigenvalue weighted by molar-refractivity contribution is 6.39. The number of benzene rings is 1. The van der Waals surface area contributed by atoms with Gasteiger partial charge < -0.3 is 19.9 Å². The van der Waals surface area contributed by atoms with Crippen LogP contribution < -0.4 is 5.32 Å². The van der Waals surface area contributed by atoms with E-state index in [9.17, 15) is 4.79 Å². The summed E-state index contributed by atoms with van der Waals surface area (Å²) in [7, 11) is 0. The minimum absolute atomic E-state index is 0.165. The van der Waals surface area contributed by atoms with Gasteiger partial charge in [0, 0.05) is 25.4 Å². The van der Waals surface area contributed by atoms with Crippen LogP contribution in [0.25, 0.3) is 22.4 Å². The van der Waals surface area contributed by atoms with Crippen molar-refractivity contribution < 1.29 is 9.53 Å². The lowest BCUT2D eigenvalue weighted by molar-refractivity contribution is 0.0299. The largest absolute Gasteiger partial charge is 0.378 e. The Morgan fingerprint density at radius 1 is 1.09 bits per heavy atom. The van der Waals surface area contributed by atoms with Crippen LogP contribution in [0.2, 0.25) is 10.0 Å². The lowest BCUT2D eigenvalue weighted by Gasteiger charge is -2.26. The summed E-state index contributed by atoms with van der Waals surface area (Å²) in [6.45, 7) is 2.11. The molecule has 5 rings (SSSR count). The standard InChI is InChI=1S/C21H17Cl2N7O2/c22-12-2-1-3-13(23)17(12)19-27-14-4-5-24-20(18(14)29-19)28-16-10-15(25-11-26-16)21(31)30-6-8-32-9-7-30/h1-5,10-11H,6-9H2,(H,27,29)(H,24,25,26,28). The van der Waals surface area contributed by atoms with Gasteiger partial charge in [-0.15, -0.1) is 0 Å². The number of aromatic amines is 1. The molecule has 1 aliphatic heterocycles. The molecule has 0 radical (unpaired) electrons. The van der Waals surface area contributed by atoms with Crippen molar-refractivity contribution in [3.05, 3.63) is 58.6 Å². The van der Waals surface area contributed by atoms with Gasteiger partial charge in [0.2, 0.25) is 0 Å². The number of hydrogen-bond acceptors (Lipinski definition) is 7. The maximum absolute atomic E-state index is 12.7. The Labute approximate surface area is 192 Å². The van der Waals surface area contributed by atoms with Crippen LogP contribution in [0.15, 0.2) is 42.9 Å². The Balaban J connectivity index is 1.46. The Kier molecular flexibility index (Phi) is 5.60. The summed E-state index contributed by atoms with van der Waals surface area (Å²) >= 11 is 12.7. The number of morpholine rings is 1. The maximum Gasteiger partial charge on any atom is 0.272 e. The third-order valence-corrected chi connectivity index (χ3v) is 5.67. The molecule has 1 aliphatic rings. The summed E-state index contributed by atoms with van der Waals surface area (Å²) < 4.78 is 5.30. The Hall–Kier alpha value is -3.27. The topological polar surface area (TPSA) is 109 Å². The zero-order chi connectivity index (χ0) is 22.1. The molecule has 0 unspecified atom stereocenters. The molecule has 1 fully saturated rings. The molecule has 0 aliphatic carbocycles. The predicted octanol–water partition coefficient (Wildman–Crippen LogP) is 3.94. The van der Waals surface area contributed by atoms with Gasteiger partial charge in [-0.25, -0.2) is 19.9 Å². The summed E-state index contributed by atoms with van der Waals surface area (Å²) in [5.74, 6) is 1.29. The summed E-state index contributed by atoms with van der Waals surface area (Å²) in [6.07, 6.45) is 2.97. The molecule has 32 heavy (non-hydrogen) atoms. The van der Waals surface area contributed by atoms with E-state index >= 15 is 0 Å². The SMILES string of the molecule is O=C(c1cc(Nc2nccc3nc(-c4c(Cl)cccc4Cl)[nH]c23)ncn1)N1CCOCC1. The van der Waals surface area contributed by atoms with E-state index in [1.165, 1.54) is 6.33 Å². The number of anilines is 2. The van der Waals surface area contributed by atoms with Gasteiger partial charge in [0.15, 0.2) is 5.82 Å². The highest BCUT2D eigenvalue weighted by Gasteiger charge is 2.20. The molecule has 1 saturated heterocycles. The third kappa shape index (κ3) is 3.97. The van der Waals surface area contributed by atoms with E-state index < -0.39 is 0 Å². The number of amides is 1. The smallest absolute Gasteiger partial charge is 0.272 e. The van der Waals surface area contributed by atoms with E-state index in [4.69, 9.17) is 27.9 Å². The molecule has 0 spiro atoms. The quantitative estimate of drug-likeness (QED) is 0.465. The lowest BCUT2D eigenvalue weighted by Crippen LogP contribution is -2.41. The van der Waals surface area contributed by atoms with Gasteiger partial charge >= 0.3 is 0 Å². The zero-order valence-electron chi connectivity index (χ0n) is 16.7. The average Bonchev–Trinajstić information content (AvgIpc) is 3.24. The normalized spacial score (nSPS) is 14.0. The number of carbonyl (C=O) groups excluding carboxylic acids is 1. The van der Waals surface area contributed by atoms with Crippen LogP contribution in [0, 0.1) is 0 Å². The van der Waals surface area contributed by atoms with Gasteiger partial charge in [0.05, 0.1) is 34.3 Å². The summed E-state index contributed by atoms with van der Waals surface area (Å²) in [6, 6.07) is 8.65. The third-order valence-electron chi connectivity index (χ3n) is 5.04.